The molecule has 0 amide bonds. The van der Waals surface area contributed by atoms with Crippen LogP contribution in [-0.4, -0.2) is 9.19 Å². The molecule has 0 saturated carbocycles. The Morgan fingerprint density at radius 2 is 1.65 bits per heavy atom. The van der Waals surface area contributed by atoms with Gasteiger partial charge in [0.25, 0.3) is 0 Å². The van der Waals surface area contributed by atoms with E-state index in [1.54, 1.807) is 0 Å². The summed E-state index contributed by atoms with van der Waals surface area (Å²) in [5.74, 6) is 2.27. The highest BCUT2D eigenvalue weighted by atomic mass is 32.2. The average molecular weight is 325 g/mol. The normalized spacial score (nSPS) is 12.3. The lowest BCUT2D eigenvalue weighted by molar-refractivity contribution is 0.540. The number of aryl methyl sites for hydroxylation is 2. The third-order valence-electron chi connectivity index (χ3n) is 3.66. The molecule has 23 heavy (non-hydrogen) atoms. The van der Waals surface area contributed by atoms with E-state index in [9.17, 15) is 4.21 Å². The Bertz CT molecular complexity index is 807. The zero-order valence-corrected chi connectivity index (χ0v) is 14.1. The molecule has 0 radical (unpaired) electrons. The Balaban J connectivity index is 1.71. The first-order chi connectivity index (χ1) is 11.1. The molecule has 0 fully saturated rings. The molecular formula is C19H19NO2S. The number of aromatic nitrogens is 1. The molecule has 0 aliphatic heterocycles. The first-order valence-corrected chi connectivity index (χ1v) is 9.03. The quantitative estimate of drug-likeness (QED) is 0.698. The molecule has 1 atom stereocenters. The van der Waals surface area contributed by atoms with Crippen LogP contribution in [-0.2, 0) is 22.3 Å². The maximum absolute atomic E-state index is 12.4. The second-order valence-electron chi connectivity index (χ2n) is 5.60. The largest absolute Gasteiger partial charge is 0.441 e. The van der Waals surface area contributed by atoms with Crippen LogP contribution in [0.2, 0.25) is 0 Å². The summed E-state index contributed by atoms with van der Waals surface area (Å²) in [7, 11) is -1.00. The molecule has 2 aromatic carbocycles. The smallest absolute Gasteiger partial charge is 0.226 e. The van der Waals surface area contributed by atoms with Crippen molar-refractivity contribution in [2.45, 2.75) is 25.4 Å². The Kier molecular flexibility index (Phi) is 4.72. The van der Waals surface area contributed by atoms with Gasteiger partial charge in [-0.25, -0.2) is 4.98 Å². The molecule has 0 aliphatic rings. The minimum Gasteiger partial charge on any atom is -0.441 e. The van der Waals surface area contributed by atoms with E-state index in [1.165, 1.54) is 5.56 Å². The summed E-state index contributed by atoms with van der Waals surface area (Å²) in [5, 5.41) is 0. The summed E-state index contributed by atoms with van der Waals surface area (Å²) < 4.78 is 18.1. The van der Waals surface area contributed by atoms with E-state index in [0.29, 0.717) is 17.4 Å². The van der Waals surface area contributed by atoms with E-state index in [2.05, 4.69) is 4.98 Å². The fraction of sp³-hybridized carbons (Fsp3) is 0.211. The molecule has 0 saturated heterocycles. The third kappa shape index (κ3) is 3.96. The Hall–Kier alpha value is -2.20. The number of rotatable bonds is 5. The van der Waals surface area contributed by atoms with Crippen molar-refractivity contribution in [3.8, 4) is 11.5 Å². The maximum atomic E-state index is 12.4. The van der Waals surface area contributed by atoms with Gasteiger partial charge in [-0.15, -0.1) is 0 Å². The van der Waals surface area contributed by atoms with Crippen LogP contribution in [0.5, 0.6) is 0 Å². The molecule has 1 aromatic heterocycles. The van der Waals surface area contributed by atoms with Gasteiger partial charge in [0.2, 0.25) is 5.89 Å². The van der Waals surface area contributed by atoms with Crippen molar-refractivity contribution in [1.29, 1.82) is 0 Å². The predicted molar refractivity (Wildman–Crippen MR) is 93.4 cm³/mol. The number of benzene rings is 2. The highest BCUT2D eigenvalue weighted by Gasteiger charge is 2.14. The van der Waals surface area contributed by atoms with Gasteiger partial charge in [0, 0.05) is 22.1 Å². The Morgan fingerprint density at radius 3 is 2.35 bits per heavy atom. The van der Waals surface area contributed by atoms with Gasteiger partial charge < -0.3 is 4.42 Å². The fourth-order valence-corrected chi connectivity index (χ4v) is 3.58. The van der Waals surface area contributed by atoms with Gasteiger partial charge in [0.1, 0.15) is 5.76 Å². The van der Waals surface area contributed by atoms with Crippen molar-refractivity contribution in [2.24, 2.45) is 0 Å². The molecule has 4 heteroatoms. The predicted octanol–water partition coefficient (Wildman–Crippen LogP) is 4.41. The molecule has 3 rings (SSSR count). The fourth-order valence-electron chi connectivity index (χ4n) is 2.34. The van der Waals surface area contributed by atoms with E-state index in [1.807, 2.05) is 68.4 Å². The number of hydrogen-bond donors (Lipinski definition) is 0. The van der Waals surface area contributed by atoms with Crippen molar-refractivity contribution in [3.05, 3.63) is 77.2 Å². The van der Waals surface area contributed by atoms with Crippen molar-refractivity contribution in [3.63, 3.8) is 0 Å². The summed E-state index contributed by atoms with van der Waals surface area (Å²) in [6, 6.07) is 17.9. The molecule has 0 spiro atoms. The molecule has 3 aromatic rings. The second kappa shape index (κ2) is 6.92. The van der Waals surface area contributed by atoms with Gasteiger partial charge in [-0.1, -0.05) is 48.0 Å². The summed E-state index contributed by atoms with van der Waals surface area (Å²) in [6.45, 7) is 3.92. The van der Waals surface area contributed by atoms with Crippen LogP contribution >= 0.6 is 0 Å². The minimum absolute atomic E-state index is 0.413. The van der Waals surface area contributed by atoms with Crippen LogP contribution < -0.4 is 0 Å². The lowest BCUT2D eigenvalue weighted by Crippen LogP contribution is -2.01. The maximum Gasteiger partial charge on any atom is 0.226 e. The van der Waals surface area contributed by atoms with Crippen molar-refractivity contribution < 1.29 is 8.63 Å². The average Bonchev–Trinajstić information content (AvgIpc) is 2.91. The van der Waals surface area contributed by atoms with E-state index in [-0.39, 0.29) is 0 Å². The van der Waals surface area contributed by atoms with Crippen molar-refractivity contribution in [2.75, 3.05) is 0 Å². The molecule has 1 heterocycles. The lowest BCUT2D eigenvalue weighted by Gasteiger charge is -2.02. The van der Waals surface area contributed by atoms with Crippen molar-refractivity contribution in [1.82, 2.24) is 4.98 Å². The standard InChI is InChI=1S/C19H19NO2S/c1-14-8-10-16(11-9-14)12-23(21)13-18-15(2)22-19(20-18)17-6-4-3-5-7-17/h3-11H,12-13H2,1-2H3. The van der Waals surface area contributed by atoms with Gasteiger partial charge in [-0.3, -0.25) is 4.21 Å². The zero-order chi connectivity index (χ0) is 16.2. The first-order valence-electron chi connectivity index (χ1n) is 7.54. The van der Waals surface area contributed by atoms with Crippen LogP contribution in [0.1, 0.15) is 22.6 Å². The third-order valence-corrected chi connectivity index (χ3v) is 4.91. The monoisotopic (exact) mass is 325 g/mol. The molecule has 1 unspecified atom stereocenters. The van der Waals surface area contributed by atoms with Crippen LogP contribution in [0.15, 0.2) is 59.0 Å². The summed E-state index contributed by atoms with van der Waals surface area (Å²) >= 11 is 0. The van der Waals surface area contributed by atoms with Crippen LogP contribution in [0.4, 0.5) is 0 Å². The number of oxazole rings is 1. The van der Waals surface area contributed by atoms with Crippen molar-refractivity contribution >= 4 is 10.8 Å². The van der Waals surface area contributed by atoms with E-state index in [0.717, 1.165) is 22.6 Å². The highest BCUT2D eigenvalue weighted by molar-refractivity contribution is 7.83. The summed E-state index contributed by atoms with van der Waals surface area (Å²) in [4.78, 5) is 4.52. The van der Waals surface area contributed by atoms with Gasteiger partial charge in [0.15, 0.2) is 0 Å². The Labute approximate surface area is 138 Å². The topological polar surface area (TPSA) is 43.1 Å². The Morgan fingerprint density at radius 1 is 0.957 bits per heavy atom. The summed E-state index contributed by atoms with van der Waals surface area (Å²) in [5.41, 5.74) is 4.00. The minimum atomic E-state index is -1.00. The van der Waals surface area contributed by atoms with Crippen LogP contribution in [0.25, 0.3) is 11.5 Å². The molecule has 0 bridgehead atoms. The van der Waals surface area contributed by atoms with Crippen LogP contribution in [0.3, 0.4) is 0 Å². The van der Waals surface area contributed by atoms with Gasteiger partial charge in [0.05, 0.1) is 11.4 Å². The SMILES string of the molecule is Cc1ccc(CS(=O)Cc2nc(-c3ccccc3)oc2C)cc1. The van der Waals surface area contributed by atoms with E-state index < -0.39 is 10.8 Å². The van der Waals surface area contributed by atoms with Crippen LogP contribution in [0, 0.1) is 13.8 Å². The number of hydrogen-bond acceptors (Lipinski definition) is 3. The molecule has 0 N–H and O–H groups in total. The van der Waals surface area contributed by atoms with E-state index >= 15 is 0 Å². The highest BCUT2D eigenvalue weighted by Crippen LogP contribution is 2.22. The molecule has 118 valence electrons. The van der Waals surface area contributed by atoms with Gasteiger partial charge in [-0.05, 0) is 31.5 Å². The summed E-state index contributed by atoms with van der Waals surface area (Å²) in [6.07, 6.45) is 0. The lowest BCUT2D eigenvalue weighted by atomic mass is 10.2. The molecule has 0 aliphatic carbocycles. The molecular weight excluding hydrogens is 306 g/mol. The first kappa shape index (κ1) is 15.7. The second-order valence-corrected chi connectivity index (χ2v) is 7.06. The van der Waals surface area contributed by atoms with E-state index in [4.69, 9.17) is 4.42 Å². The molecule has 3 nitrogen and oxygen atoms in total. The number of nitrogens with zero attached hydrogens (tertiary/aromatic N) is 1. The van der Waals surface area contributed by atoms with Gasteiger partial charge >= 0.3 is 0 Å². The van der Waals surface area contributed by atoms with Gasteiger partial charge in [-0.2, -0.15) is 0 Å². The zero-order valence-electron chi connectivity index (χ0n) is 13.3.